The molecule has 3 aromatic rings. The van der Waals surface area contributed by atoms with Gasteiger partial charge in [0.05, 0.1) is 12.6 Å². The Hall–Kier alpha value is -3.00. The van der Waals surface area contributed by atoms with E-state index in [0.29, 0.717) is 30.6 Å². The molecular formula is C23H29N5O2S. The molecule has 0 aliphatic rings. The zero-order valence-corrected chi connectivity index (χ0v) is 19.0. The van der Waals surface area contributed by atoms with Gasteiger partial charge in [0.1, 0.15) is 5.75 Å². The molecule has 0 amide bonds. The van der Waals surface area contributed by atoms with Gasteiger partial charge in [-0.1, -0.05) is 23.4 Å². The fourth-order valence-electron chi connectivity index (χ4n) is 2.73. The van der Waals surface area contributed by atoms with Crippen molar-refractivity contribution >= 4 is 23.4 Å². The second-order valence-electron chi connectivity index (χ2n) is 7.12. The Bertz CT molecular complexity index is 942. The summed E-state index contributed by atoms with van der Waals surface area (Å²) in [4.78, 5) is 10.1. The smallest absolute Gasteiger partial charge is 0.228 e. The molecular weight excluding hydrogens is 410 g/mol. The van der Waals surface area contributed by atoms with E-state index in [2.05, 4.69) is 50.0 Å². The Labute approximate surface area is 187 Å². The summed E-state index contributed by atoms with van der Waals surface area (Å²) in [5.74, 6) is 3.71. The SMILES string of the molecule is Cc1noc(CCN=C(NCCSc2ccccc2)Nc2ccc(OC(C)C)cc2)n1. The van der Waals surface area contributed by atoms with E-state index in [9.17, 15) is 0 Å². The molecule has 0 fully saturated rings. The number of ether oxygens (including phenoxy) is 1. The normalized spacial score (nSPS) is 11.5. The van der Waals surface area contributed by atoms with Crippen LogP contribution < -0.4 is 15.4 Å². The molecule has 164 valence electrons. The van der Waals surface area contributed by atoms with Crippen LogP contribution in [0.1, 0.15) is 25.6 Å². The predicted molar refractivity (Wildman–Crippen MR) is 126 cm³/mol. The Morgan fingerprint density at radius 2 is 1.90 bits per heavy atom. The van der Waals surface area contributed by atoms with Gasteiger partial charge in [0.15, 0.2) is 11.8 Å². The molecule has 0 aliphatic carbocycles. The highest BCUT2D eigenvalue weighted by molar-refractivity contribution is 7.99. The molecule has 0 radical (unpaired) electrons. The summed E-state index contributed by atoms with van der Waals surface area (Å²) < 4.78 is 10.9. The molecule has 0 aliphatic heterocycles. The first-order valence-corrected chi connectivity index (χ1v) is 11.4. The third-order valence-corrected chi connectivity index (χ3v) is 5.07. The third kappa shape index (κ3) is 8.33. The summed E-state index contributed by atoms with van der Waals surface area (Å²) in [6.07, 6.45) is 0.737. The topological polar surface area (TPSA) is 84.6 Å². The molecule has 0 spiro atoms. The molecule has 0 saturated carbocycles. The first-order valence-electron chi connectivity index (χ1n) is 10.4. The number of hydrogen-bond donors (Lipinski definition) is 2. The van der Waals surface area contributed by atoms with E-state index in [1.165, 1.54) is 4.90 Å². The number of aromatic nitrogens is 2. The summed E-state index contributed by atoms with van der Waals surface area (Å²) in [7, 11) is 0. The highest BCUT2D eigenvalue weighted by Gasteiger charge is 2.05. The van der Waals surface area contributed by atoms with Crippen LogP contribution in [0.3, 0.4) is 0 Å². The van der Waals surface area contributed by atoms with Crippen LogP contribution in [0.15, 0.2) is 69.0 Å². The van der Waals surface area contributed by atoms with Crippen molar-refractivity contribution in [3.05, 3.63) is 66.3 Å². The van der Waals surface area contributed by atoms with Crippen LogP contribution in [-0.4, -0.2) is 41.0 Å². The molecule has 1 heterocycles. The second kappa shape index (κ2) is 12.0. The van der Waals surface area contributed by atoms with Gasteiger partial charge < -0.3 is 19.9 Å². The van der Waals surface area contributed by atoms with Crippen molar-refractivity contribution in [3.8, 4) is 5.75 Å². The molecule has 0 bridgehead atoms. The minimum absolute atomic E-state index is 0.146. The number of aryl methyl sites for hydroxylation is 1. The maximum atomic E-state index is 5.71. The molecule has 2 aromatic carbocycles. The number of nitrogens with one attached hydrogen (secondary N) is 2. The van der Waals surface area contributed by atoms with Crippen LogP contribution in [0, 0.1) is 6.92 Å². The number of hydrogen-bond acceptors (Lipinski definition) is 6. The monoisotopic (exact) mass is 439 g/mol. The van der Waals surface area contributed by atoms with Gasteiger partial charge in [-0.2, -0.15) is 4.98 Å². The van der Waals surface area contributed by atoms with Crippen molar-refractivity contribution in [3.63, 3.8) is 0 Å². The summed E-state index contributed by atoms with van der Waals surface area (Å²) in [5, 5.41) is 10.6. The lowest BCUT2D eigenvalue weighted by molar-refractivity contribution is 0.242. The van der Waals surface area contributed by atoms with Gasteiger partial charge in [0.2, 0.25) is 5.89 Å². The fraction of sp³-hybridized carbons (Fsp3) is 0.348. The number of thioether (sulfide) groups is 1. The predicted octanol–water partition coefficient (Wildman–Crippen LogP) is 4.56. The van der Waals surface area contributed by atoms with Crippen LogP contribution in [0.25, 0.3) is 0 Å². The molecule has 31 heavy (non-hydrogen) atoms. The lowest BCUT2D eigenvalue weighted by Gasteiger charge is -2.14. The number of nitrogens with zero attached hydrogens (tertiary/aromatic N) is 3. The van der Waals surface area contributed by atoms with Crippen molar-refractivity contribution in [1.82, 2.24) is 15.5 Å². The number of rotatable bonds is 10. The Morgan fingerprint density at radius 1 is 1.13 bits per heavy atom. The van der Waals surface area contributed by atoms with Crippen molar-refractivity contribution < 1.29 is 9.26 Å². The molecule has 0 saturated heterocycles. The van der Waals surface area contributed by atoms with Crippen molar-refractivity contribution in [2.45, 2.75) is 38.2 Å². The van der Waals surface area contributed by atoms with Gasteiger partial charge in [-0.3, -0.25) is 4.99 Å². The van der Waals surface area contributed by atoms with Crippen LogP contribution in [0.4, 0.5) is 5.69 Å². The largest absolute Gasteiger partial charge is 0.491 e. The molecule has 0 unspecified atom stereocenters. The quantitative estimate of drug-likeness (QED) is 0.207. The van der Waals surface area contributed by atoms with Gasteiger partial charge in [0, 0.05) is 29.3 Å². The number of aliphatic imine (C=N–C) groups is 1. The molecule has 1 aromatic heterocycles. The first-order chi connectivity index (χ1) is 15.1. The molecule has 8 heteroatoms. The molecule has 3 rings (SSSR count). The Kier molecular flexibility index (Phi) is 8.78. The van der Waals surface area contributed by atoms with Gasteiger partial charge >= 0.3 is 0 Å². The zero-order chi connectivity index (χ0) is 21.9. The van der Waals surface area contributed by atoms with E-state index in [1.807, 2.05) is 51.1 Å². The lowest BCUT2D eigenvalue weighted by atomic mass is 10.3. The zero-order valence-electron chi connectivity index (χ0n) is 18.2. The van der Waals surface area contributed by atoms with Gasteiger partial charge in [0.25, 0.3) is 0 Å². The standard InChI is InChI=1S/C23H29N5O2S/c1-17(2)29-20-11-9-19(10-12-20)27-23(24-14-13-22-26-18(3)28-30-22)25-15-16-31-21-7-5-4-6-8-21/h4-12,17H,13-16H2,1-3H3,(H2,24,25,27). The molecule has 0 atom stereocenters. The van der Waals surface area contributed by atoms with E-state index in [1.54, 1.807) is 11.8 Å². The van der Waals surface area contributed by atoms with Crippen LogP contribution in [-0.2, 0) is 6.42 Å². The van der Waals surface area contributed by atoms with Crippen LogP contribution in [0.5, 0.6) is 5.75 Å². The van der Waals surface area contributed by atoms with Crippen molar-refractivity contribution in [2.24, 2.45) is 4.99 Å². The molecule has 2 N–H and O–H groups in total. The summed E-state index contributed by atoms with van der Waals surface area (Å²) in [6.45, 7) is 7.15. The maximum absolute atomic E-state index is 5.71. The fourth-order valence-corrected chi connectivity index (χ4v) is 3.51. The van der Waals surface area contributed by atoms with E-state index in [0.717, 1.165) is 23.7 Å². The van der Waals surface area contributed by atoms with Crippen molar-refractivity contribution in [1.29, 1.82) is 0 Å². The first kappa shape index (κ1) is 22.7. The van der Waals surface area contributed by atoms with E-state index >= 15 is 0 Å². The third-order valence-electron chi connectivity index (χ3n) is 4.06. The highest BCUT2D eigenvalue weighted by atomic mass is 32.2. The number of anilines is 1. The maximum Gasteiger partial charge on any atom is 0.228 e. The lowest BCUT2D eigenvalue weighted by Crippen LogP contribution is -2.32. The van der Waals surface area contributed by atoms with E-state index in [4.69, 9.17) is 9.26 Å². The van der Waals surface area contributed by atoms with Crippen LogP contribution in [0.2, 0.25) is 0 Å². The van der Waals surface area contributed by atoms with Gasteiger partial charge in [-0.15, -0.1) is 11.8 Å². The average molecular weight is 440 g/mol. The number of benzene rings is 2. The summed E-state index contributed by atoms with van der Waals surface area (Å²) in [6, 6.07) is 18.2. The molecule has 7 nitrogen and oxygen atoms in total. The van der Waals surface area contributed by atoms with Crippen molar-refractivity contribution in [2.75, 3.05) is 24.2 Å². The highest BCUT2D eigenvalue weighted by Crippen LogP contribution is 2.17. The van der Waals surface area contributed by atoms with E-state index in [-0.39, 0.29) is 6.10 Å². The Morgan fingerprint density at radius 3 is 2.58 bits per heavy atom. The van der Waals surface area contributed by atoms with Gasteiger partial charge in [-0.25, -0.2) is 0 Å². The summed E-state index contributed by atoms with van der Waals surface area (Å²) in [5.41, 5.74) is 0.937. The van der Waals surface area contributed by atoms with E-state index < -0.39 is 0 Å². The van der Waals surface area contributed by atoms with Gasteiger partial charge in [-0.05, 0) is 57.2 Å². The average Bonchev–Trinajstić information content (AvgIpc) is 3.17. The minimum atomic E-state index is 0.146. The number of guanidine groups is 1. The minimum Gasteiger partial charge on any atom is -0.491 e. The Balaban J connectivity index is 1.56. The summed E-state index contributed by atoms with van der Waals surface area (Å²) >= 11 is 1.80. The second-order valence-corrected chi connectivity index (χ2v) is 8.29. The van der Waals surface area contributed by atoms with Crippen LogP contribution >= 0.6 is 11.8 Å².